The summed E-state index contributed by atoms with van der Waals surface area (Å²) in [5.74, 6) is 2.45. The maximum absolute atomic E-state index is 6.25. The monoisotopic (exact) mass is 607 g/mol. The molecule has 0 fully saturated rings. The highest BCUT2D eigenvalue weighted by Gasteiger charge is 2.18. The molecule has 0 atom stereocenters. The summed E-state index contributed by atoms with van der Waals surface area (Å²) in [6, 6.07) is 46.7. The average molecular weight is 608 g/mol. The second-order valence-corrected chi connectivity index (χ2v) is 11.5. The zero-order chi connectivity index (χ0) is 31.7. The molecule has 5 aromatic carbocycles. The van der Waals surface area contributed by atoms with Gasteiger partial charge in [-0.05, 0) is 66.9 Å². The van der Waals surface area contributed by atoms with Gasteiger partial charge in [0.2, 0.25) is 5.89 Å². The molecule has 6 heteroatoms. The standard InChI is InChI=1S/C41H29N5O/c1-26-18-21-33(27(2)42-26)35-24-32(40-45-38(28-12-6-3-7-13-28)44-39(46-40)29-14-8-4-9-15-29)19-22-34(35)31-20-23-36-37(25-31)47-41(43-36)30-16-10-5-11-17-30/h3-25H,1-2H3. The molecule has 0 unspecified atom stereocenters. The molecule has 0 saturated carbocycles. The first kappa shape index (κ1) is 28.2. The normalized spacial score (nSPS) is 11.2. The average Bonchev–Trinajstić information content (AvgIpc) is 3.56. The Labute approximate surface area is 272 Å². The Balaban J connectivity index is 1.30. The lowest BCUT2D eigenvalue weighted by Crippen LogP contribution is -2.01. The zero-order valence-electron chi connectivity index (χ0n) is 25.9. The Morgan fingerprint density at radius 2 is 0.957 bits per heavy atom. The minimum atomic E-state index is 0.599. The van der Waals surface area contributed by atoms with Crippen molar-refractivity contribution in [2.24, 2.45) is 0 Å². The first-order chi connectivity index (χ1) is 23.1. The van der Waals surface area contributed by atoms with Crippen molar-refractivity contribution in [2.75, 3.05) is 0 Å². The van der Waals surface area contributed by atoms with E-state index in [0.29, 0.717) is 23.4 Å². The molecule has 47 heavy (non-hydrogen) atoms. The second kappa shape index (κ2) is 11.9. The number of pyridine rings is 1. The first-order valence-corrected chi connectivity index (χ1v) is 15.5. The molecule has 6 nitrogen and oxygen atoms in total. The Morgan fingerprint density at radius 1 is 0.404 bits per heavy atom. The van der Waals surface area contributed by atoms with Crippen LogP contribution in [0.2, 0.25) is 0 Å². The van der Waals surface area contributed by atoms with Crippen LogP contribution in [0.15, 0.2) is 144 Å². The number of oxazole rings is 1. The van der Waals surface area contributed by atoms with E-state index in [1.54, 1.807) is 0 Å². The number of hydrogen-bond donors (Lipinski definition) is 0. The molecule has 0 amide bonds. The van der Waals surface area contributed by atoms with Crippen LogP contribution in [0.4, 0.5) is 0 Å². The summed E-state index contributed by atoms with van der Waals surface area (Å²) in [6.07, 6.45) is 0. The third kappa shape index (κ3) is 5.57. The van der Waals surface area contributed by atoms with Gasteiger partial charge < -0.3 is 4.42 Å². The van der Waals surface area contributed by atoms with Crippen LogP contribution in [-0.2, 0) is 0 Å². The summed E-state index contributed by atoms with van der Waals surface area (Å²) in [6.45, 7) is 4.06. The number of hydrogen-bond acceptors (Lipinski definition) is 6. The van der Waals surface area contributed by atoms with E-state index in [1.165, 1.54) is 0 Å². The number of nitrogens with zero attached hydrogens (tertiary/aromatic N) is 5. The summed E-state index contributed by atoms with van der Waals surface area (Å²) in [4.78, 5) is 24.4. The summed E-state index contributed by atoms with van der Waals surface area (Å²) in [5, 5.41) is 0. The van der Waals surface area contributed by atoms with Crippen LogP contribution in [0.25, 0.3) is 79.0 Å². The third-order valence-corrected chi connectivity index (χ3v) is 8.21. The Bertz CT molecular complexity index is 2310. The van der Waals surface area contributed by atoms with Gasteiger partial charge in [-0.1, -0.05) is 103 Å². The summed E-state index contributed by atoms with van der Waals surface area (Å²) in [5.41, 5.74) is 11.3. The number of aromatic nitrogens is 5. The van der Waals surface area contributed by atoms with E-state index in [4.69, 9.17) is 29.3 Å². The molecule has 8 aromatic rings. The smallest absolute Gasteiger partial charge is 0.227 e. The minimum absolute atomic E-state index is 0.599. The summed E-state index contributed by atoms with van der Waals surface area (Å²) < 4.78 is 6.25. The van der Waals surface area contributed by atoms with E-state index in [9.17, 15) is 0 Å². The fourth-order valence-corrected chi connectivity index (χ4v) is 5.86. The van der Waals surface area contributed by atoms with Crippen molar-refractivity contribution in [1.29, 1.82) is 0 Å². The molecule has 0 aliphatic rings. The zero-order valence-corrected chi connectivity index (χ0v) is 25.9. The summed E-state index contributed by atoms with van der Waals surface area (Å²) in [7, 11) is 0. The Kier molecular flexibility index (Phi) is 7.15. The van der Waals surface area contributed by atoms with Gasteiger partial charge in [-0.25, -0.2) is 19.9 Å². The molecule has 8 rings (SSSR count). The third-order valence-electron chi connectivity index (χ3n) is 8.21. The molecule has 3 aromatic heterocycles. The predicted molar refractivity (Wildman–Crippen MR) is 187 cm³/mol. The maximum Gasteiger partial charge on any atom is 0.227 e. The molecule has 0 N–H and O–H groups in total. The lowest BCUT2D eigenvalue weighted by atomic mass is 9.91. The number of fused-ring (bicyclic) bond motifs is 1. The van der Waals surface area contributed by atoms with Crippen LogP contribution >= 0.6 is 0 Å². The molecule has 0 spiro atoms. The van der Waals surface area contributed by atoms with Gasteiger partial charge in [0.25, 0.3) is 0 Å². The van der Waals surface area contributed by atoms with Crippen LogP contribution < -0.4 is 0 Å². The molecular formula is C41H29N5O. The van der Waals surface area contributed by atoms with Gasteiger partial charge in [-0.15, -0.1) is 0 Å². The highest BCUT2D eigenvalue weighted by Crippen LogP contribution is 2.38. The molecular weight excluding hydrogens is 578 g/mol. The molecule has 0 aliphatic carbocycles. The number of aryl methyl sites for hydroxylation is 2. The molecule has 0 bridgehead atoms. The maximum atomic E-state index is 6.25. The number of rotatable bonds is 6. The van der Waals surface area contributed by atoms with Crippen molar-refractivity contribution in [3.63, 3.8) is 0 Å². The molecule has 0 radical (unpaired) electrons. The van der Waals surface area contributed by atoms with Crippen LogP contribution in [0, 0.1) is 13.8 Å². The highest BCUT2D eigenvalue weighted by atomic mass is 16.3. The van der Waals surface area contributed by atoms with Crippen molar-refractivity contribution < 1.29 is 4.42 Å². The lowest BCUT2D eigenvalue weighted by Gasteiger charge is -2.15. The van der Waals surface area contributed by atoms with Crippen LogP contribution in [0.1, 0.15) is 11.4 Å². The van der Waals surface area contributed by atoms with Crippen LogP contribution in [0.3, 0.4) is 0 Å². The van der Waals surface area contributed by atoms with Crippen molar-refractivity contribution in [3.05, 3.63) is 151 Å². The van der Waals surface area contributed by atoms with E-state index < -0.39 is 0 Å². The Hall–Kier alpha value is -6.27. The quantitative estimate of drug-likeness (QED) is 0.187. The predicted octanol–water partition coefficient (Wildman–Crippen LogP) is 10.0. The SMILES string of the molecule is Cc1ccc(-c2cc(-c3nc(-c4ccccc4)nc(-c4ccccc4)n3)ccc2-c2ccc3nc(-c4ccccc4)oc3c2)c(C)n1. The lowest BCUT2D eigenvalue weighted by molar-refractivity contribution is 0.620. The van der Waals surface area contributed by atoms with Gasteiger partial charge in [-0.2, -0.15) is 0 Å². The Morgan fingerprint density at radius 3 is 1.57 bits per heavy atom. The van der Waals surface area contributed by atoms with Crippen molar-refractivity contribution in [3.8, 4) is 67.9 Å². The largest absolute Gasteiger partial charge is 0.436 e. The van der Waals surface area contributed by atoms with Gasteiger partial charge in [0.15, 0.2) is 23.1 Å². The van der Waals surface area contributed by atoms with Gasteiger partial charge in [-0.3, -0.25) is 4.98 Å². The van der Waals surface area contributed by atoms with E-state index in [1.807, 2.05) is 104 Å². The molecule has 3 heterocycles. The fourth-order valence-electron chi connectivity index (χ4n) is 5.86. The first-order valence-electron chi connectivity index (χ1n) is 15.5. The van der Waals surface area contributed by atoms with E-state index >= 15 is 0 Å². The van der Waals surface area contributed by atoms with E-state index in [2.05, 4.69) is 49.4 Å². The van der Waals surface area contributed by atoms with Gasteiger partial charge in [0, 0.05) is 39.2 Å². The van der Waals surface area contributed by atoms with E-state index in [0.717, 1.165) is 67.0 Å². The van der Waals surface area contributed by atoms with Gasteiger partial charge in [0.05, 0.1) is 0 Å². The highest BCUT2D eigenvalue weighted by molar-refractivity contribution is 5.91. The minimum Gasteiger partial charge on any atom is -0.436 e. The van der Waals surface area contributed by atoms with Crippen molar-refractivity contribution in [2.45, 2.75) is 13.8 Å². The van der Waals surface area contributed by atoms with Crippen LogP contribution in [0.5, 0.6) is 0 Å². The van der Waals surface area contributed by atoms with Crippen molar-refractivity contribution in [1.82, 2.24) is 24.9 Å². The molecule has 224 valence electrons. The molecule has 0 aliphatic heterocycles. The fraction of sp³-hybridized carbons (Fsp3) is 0.0488. The van der Waals surface area contributed by atoms with Crippen molar-refractivity contribution >= 4 is 11.1 Å². The van der Waals surface area contributed by atoms with Gasteiger partial charge in [0.1, 0.15) is 5.52 Å². The number of benzene rings is 5. The van der Waals surface area contributed by atoms with E-state index in [-0.39, 0.29) is 0 Å². The summed E-state index contributed by atoms with van der Waals surface area (Å²) >= 11 is 0. The van der Waals surface area contributed by atoms with Gasteiger partial charge >= 0.3 is 0 Å². The molecule has 0 saturated heterocycles. The van der Waals surface area contributed by atoms with Crippen LogP contribution in [-0.4, -0.2) is 24.9 Å². The second-order valence-electron chi connectivity index (χ2n) is 11.5. The topological polar surface area (TPSA) is 77.6 Å².